The van der Waals surface area contributed by atoms with E-state index in [4.69, 9.17) is 4.74 Å². The molecule has 1 aromatic rings. The van der Waals surface area contributed by atoms with Crippen LogP contribution in [0.5, 0.6) is 5.75 Å². The van der Waals surface area contributed by atoms with Crippen molar-refractivity contribution in [3.8, 4) is 5.75 Å². The highest BCUT2D eigenvalue weighted by atomic mass is 16.5. The fourth-order valence-electron chi connectivity index (χ4n) is 1.15. The summed E-state index contributed by atoms with van der Waals surface area (Å²) in [6.45, 7) is 7.75. The summed E-state index contributed by atoms with van der Waals surface area (Å²) in [4.78, 5) is 0. The Morgan fingerprint density at radius 1 is 1.25 bits per heavy atom. The lowest BCUT2D eigenvalue weighted by atomic mass is 10.2. The number of para-hydroxylation sites is 1. The maximum absolute atomic E-state index is 5.31. The van der Waals surface area contributed by atoms with Gasteiger partial charge in [-0.3, -0.25) is 0 Å². The second-order valence-corrected chi connectivity index (χ2v) is 2.43. The largest absolute Gasteiger partial charge is 0.462 e. The zero-order valence-corrected chi connectivity index (χ0v) is 7.63. The standard InChI is InChI=1S/C9H8O.C2H6/c1-7-6-8-4-2-3-5-9(8)10-7;1-2/h2-5H,1,6H2;1-2H3. The average molecular weight is 162 g/mol. The SMILES string of the molecule is C=C1Cc2ccccc2O1.CC. The maximum atomic E-state index is 5.31. The van der Waals surface area contributed by atoms with E-state index in [-0.39, 0.29) is 0 Å². The zero-order valence-electron chi connectivity index (χ0n) is 7.63. The van der Waals surface area contributed by atoms with Crippen molar-refractivity contribution in [1.29, 1.82) is 0 Å². The molecule has 0 spiro atoms. The van der Waals surface area contributed by atoms with Gasteiger partial charge in [-0.05, 0) is 6.07 Å². The van der Waals surface area contributed by atoms with E-state index >= 15 is 0 Å². The minimum atomic E-state index is 0.848. The number of fused-ring (bicyclic) bond motifs is 1. The van der Waals surface area contributed by atoms with Crippen molar-refractivity contribution in [3.05, 3.63) is 42.2 Å². The van der Waals surface area contributed by atoms with Crippen LogP contribution >= 0.6 is 0 Å². The molecule has 0 saturated heterocycles. The minimum absolute atomic E-state index is 0.848. The van der Waals surface area contributed by atoms with Crippen LogP contribution in [0.15, 0.2) is 36.6 Å². The van der Waals surface area contributed by atoms with Gasteiger partial charge in [-0.15, -0.1) is 0 Å². The van der Waals surface area contributed by atoms with E-state index in [1.54, 1.807) is 0 Å². The smallest absolute Gasteiger partial charge is 0.130 e. The Bertz CT molecular complexity index is 249. The van der Waals surface area contributed by atoms with Gasteiger partial charge in [0.25, 0.3) is 0 Å². The van der Waals surface area contributed by atoms with Gasteiger partial charge >= 0.3 is 0 Å². The molecule has 0 N–H and O–H groups in total. The fraction of sp³-hybridized carbons (Fsp3) is 0.273. The lowest BCUT2D eigenvalue weighted by Crippen LogP contribution is -1.81. The molecule has 1 aliphatic heterocycles. The van der Waals surface area contributed by atoms with Gasteiger partial charge in [-0.2, -0.15) is 0 Å². The van der Waals surface area contributed by atoms with Crippen molar-refractivity contribution in [2.24, 2.45) is 0 Å². The highest BCUT2D eigenvalue weighted by Gasteiger charge is 2.13. The van der Waals surface area contributed by atoms with Crippen molar-refractivity contribution in [2.75, 3.05) is 0 Å². The molecule has 1 heterocycles. The average Bonchev–Trinajstić information content (AvgIpc) is 2.48. The van der Waals surface area contributed by atoms with E-state index in [1.165, 1.54) is 5.56 Å². The summed E-state index contributed by atoms with van der Waals surface area (Å²) in [5.74, 6) is 1.81. The van der Waals surface area contributed by atoms with E-state index in [9.17, 15) is 0 Å². The molecule has 1 nitrogen and oxygen atoms in total. The van der Waals surface area contributed by atoms with Crippen molar-refractivity contribution in [2.45, 2.75) is 20.3 Å². The molecule has 0 radical (unpaired) electrons. The van der Waals surface area contributed by atoms with Crippen molar-refractivity contribution < 1.29 is 4.74 Å². The van der Waals surface area contributed by atoms with Crippen LogP contribution < -0.4 is 4.74 Å². The molecule has 0 fully saturated rings. The van der Waals surface area contributed by atoms with Gasteiger partial charge in [0.1, 0.15) is 11.5 Å². The molecule has 1 heteroatoms. The molecule has 0 saturated carbocycles. The molecule has 0 atom stereocenters. The van der Waals surface area contributed by atoms with Gasteiger partial charge < -0.3 is 4.74 Å². The second-order valence-electron chi connectivity index (χ2n) is 2.43. The molecule has 0 aromatic heterocycles. The summed E-state index contributed by atoms with van der Waals surface area (Å²) in [5, 5.41) is 0. The van der Waals surface area contributed by atoms with Crippen LogP contribution in [0.25, 0.3) is 0 Å². The lowest BCUT2D eigenvalue weighted by molar-refractivity contribution is 0.449. The molecule has 12 heavy (non-hydrogen) atoms. The summed E-state index contributed by atoms with van der Waals surface area (Å²) in [6.07, 6.45) is 0.871. The molecular weight excluding hydrogens is 148 g/mol. The van der Waals surface area contributed by atoms with Crippen LogP contribution in [0.2, 0.25) is 0 Å². The number of hydrogen-bond acceptors (Lipinski definition) is 1. The first-order valence-corrected chi connectivity index (χ1v) is 4.30. The number of hydrogen-bond donors (Lipinski definition) is 0. The van der Waals surface area contributed by atoms with Crippen LogP contribution in [-0.4, -0.2) is 0 Å². The predicted molar refractivity (Wildman–Crippen MR) is 51.3 cm³/mol. The van der Waals surface area contributed by atoms with Gasteiger partial charge in [-0.25, -0.2) is 0 Å². The number of benzene rings is 1. The monoisotopic (exact) mass is 162 g/mol. The first-order chi connectivity index (χ1) is 5.86. The van der Waals surface area contributed by atoms with Gasteiger partial charge in [0.05, 0.1) is 0 Å². The molecule has 0 amide bonds. The number of rotatable bonds is 0. The zero-order chi connectivity index (χ0) is 8.97. The Morgan fingerprint density at radius 2 is 1.92 bits per heavy atom. The summed E-state index contributed by atoms with van der Waals surface area (Å²) in [6, 6.07) is 8.01. The Balaban J connectivity index is 0.000000336. The molecule has 64 valence electrons. The van der Waals surface area contributed by atoms with Gasteiger partial charge in [0.2, 0.25) is 0 Å². The Kier molecular flexibility index (Phi) is 2.92. The van der Waals surface area contributed by atoms with Crippen LogP contribution in [0, 0.1) is 0 Å². The third-order valence-corrected chi connectivity index (χ3v) is 1.61. The summed E-state index contributed by atoms with van der Waals surface area (Å²) in [7, 11) is 0. The molecular formula is C11H14O. The van der Waals surface area contributed by atoms with Gasteiger partial charge in [0, 0.05) is 12.0 Å². The maximum Gasteiger partial charge on any atom is 0.130 e. The minimum Gasteiger partial charge on any atom is -0.462 e. The van der Waals surface area contributed by atoms with Gasteiger partial charge in [-0.1, -0.05) is 38.6 Å². The lowest BCUT2D eigenvalue weighted by Gasteiger charge is -1.94. The molecule has 1 aliphatic rings. The third kappa shape index (κ3) is 1.67. The summed E-state index contributed by atoms with van der Waals surface area (Å²) < 4.78 is 5.31. The van der Waals surface area contributed by atoms with Crippen LogP contribution in [0.1, 0.15) is 19.4 Å². The normalized spacial score (nSPS) is 12.7. The van der Waals surface area contributed by atoms with E-state index in [0.29, 0.717) is 0 Å². The summed E-state index contributed by atoms with van der Waals surface area (Å²) in [5.41, 5.74) is 1.24. The molecule has 0 unspecified atom stereocenters. The van der Waals surface area contributed by atoms with Crippen molar-refractivity contribution in [1.82, 2.24) is 0 Å². The fourth-order valence-corrected chi connectivity index (χ4v) is 1.15. The van der Waals surface area contributed by atoms with E-state index in [1.807, 2.05) is 32.0 Å². The van der Waals surface area contributed by atoms with E-state index in [2.05, 4.69) is 12.6 Å². The first kappa shape index (κ1) is 8.85. The van der Waals surface area contributed by atoms with Crippen LogP contribution in [-0.2, 0) is 6.42 Å². The predicted octanol–water partition coefficient (Wildman–Crippen LogP) is 3.16. The summed E-state index contributed by atoms with van der Waals surface area (Å²) >= 11 is 0. The topological polar surface area (TPSA) is 9.23 Å². The number of allylic oxidation sites excluding steroid dienone is 1. The van der Waals surface area contributed by atoms with E-state index < -0.39 is 0 Å². The molecule has 0 bridgehead atoms. The van der Waals surface area contributed by atoms with Gasteiger partial charge in [0.15, 0.2) is 0 Å². The Hall–Kier alpha value is -1.24. The third-order valence-electron chi connectivity index (χ3n) is 1.61. The molecule has 0 aliphatic carbocycles. The Labute approximate surface area is 73.7 Å². The van der Waals surface area contributed by atoms with Crippen molar-refractivity contribution >= 4 is 0 Å². The Morgan fingerprint density at radius 3 is 2.58 bits per heavy atom. The first-order valence-electron chi connectivity index (χ1n) is 4.30. The highest BCUT2D eigenvalue weighted by molar-refractivity contribution is 5.40. The van der Waals surface area contributed by atoms with Crippen LogP contribution in [0.4, 0.5) is 0 Å². The molecule has 2 rings (SSSR count). The quantitative estimate of drug-likeness (QED) is 0.569. The second kappa shape index (κ2) is 3.96. The van der Waals surface area contributed by atoms with E-state index in [0.717, 1.165) is 17.9 Å². The van der Waals surface area contributed by atoms with Crippen LogP contribution in [0.3, 0.4) is 0 Å². The number of ether oxygens (including phenoxy) is 1. The molecule has 1 aromatic carbocycles. The highest BCUT2D eigenvalue weighted by Crippen LogP contribution is 2.28. The van der Waals surface area contributed by atoms with Crippen molar-refractivity contribution in [3.63, 3.8) is 0 Å².